The summed E-state index contributed by atoms with van der Waals surface area (Å²) >= 11 is 0. The molecule has 1 saturated heterocycles. The molecule has 0 amide bonds. The second-order valence-corrected chi connectivity index (χ2v) is 12.1. The van der Waals surface area contributed by atoms with Crippen LogP contribution in [0.2, 0.25) is 0 Å². The van der Waals surface area contributed by atoms with E-state index in [0.717, 1.165) is 25.7 Å². The van der Waals surface area contributed by atoms with E-state index in [-0.39, 0.29) is 29.3 Å². The molecule has 0 bridgehead atoms. The molecule has 8 nitrogen and oxygen atoms in total. The van der Waals surface area contributed by atoms with Crippen molar-refractivity contribution in [1.82, 2.24) is 0 Å². The molecule has 0 unspecified atom stereocenters. The lowest BCUT2D eigenvalue weighted by Gasteiger charge is -2.62. The van der Waals surface area contributed by atoms with Crippen LogP contribution in [0.3, 0.4) is 0 Å². The van der Waals surface area contributed by atoms with E-state index in [0.29, 0.717) is 19.3 Å². The van der Waals surface area contributed by atoms with Crippen molar-refractivity contribution in [3.05, 3.63) is 12.7 Å². The number of aliphatic hydroxyl groups excluding tert-OH is 4. The van der Waals surface area contributed by atoms with Gasteiger partial charge in [-0.1, -0.05) is 26.3 Å². The number of hydrogen-bond donors (Lipinski definition) is 6. The fourth-order valence-corrected chi connectivity index (χ4v) is 7.26. The Bertz CT molecular complexity index is 709. The van der Waals surface area contributed by atoms with Gasteiger partial charge in [-0.3, -0.25) is 0 Å². The third-order valence-electron chi connectivity index (χ3n) is 9.39. The van der Waals surface area contributed by atoms with Gasteiger partial charge < -0.3 is 40.1 Å². The van der Waals surface area contributed by atoms with Crippen molar-refractivity contribution in [3.8, 4) is 0 Å². The average molecular weight is 487 g/mol. The molecule has 1 heterocycles. The van der Waals surface area contributed by atoms with Crippen molar-refractivity contribution < 1.29 is 40.1 Å². The maximum absolute atomic E-state index is 11.4. The van der Waals surface area contributed by atoms with Crippen molar-refractivity contribution in [2.75, 3.05) is 13.2 Å². The van der Waals surface area contributed by atoms with E-state index in [2.05, 4.69) is 20.4 Å². The summed E-state index contributed by atoms with van der Waals surface area (Å²) in [6.07, 6.45) is 0.679. The van der Waals surface area contributed by atoms with Crippen molar-refractivity contribution in [2.24, 2.45) is 22.7 Å². The molecule has 8 heteroatoms. The minimum atomic E-state index is -1.47. The molecule has 3 fully saturated rings. The summed E-state index contributed by atoms with van der Waals surface area (Å²) in [6.45, 7) is 11.6. The first-order valence-electron chi connectivity index (χ1n) is 12.7. The minimum Gasteiger partial charge on any atom is -0.394 e. The summed E-state index contributed by atoms with van der Waals surface area (Å²) in [5.41, 5.74) is -2.23. The standard InChI is InChI=1S/C26H46O8/c1-6-24(3,31)12-8-18-25(4)11-7-10-23(2,17(25)9-13-26(18,5)32)15-33-22-21(30)20(29)19(28)16(14-27)34-22/h6,16-22,27-32H,1,7-15H2,2-5H3/t16-,17+,18-,19-,20+,21-,22-,23+,24+,25+,26-/m1/s1. The van der Waals surface area contributed by atoms with E-state index in [9.17, 15) is 30.6 Å². The van der Waals surface area contributed by atoms with Gasteiger partial charge in [-0.2, -0.15) is 0 Å². The maximum atomic E-state index is 11.4. The molecule has 1 aliphatic heterocycles. The van der Waals surface area contributed by atoms with Gasteiger partial charge >= 0.3 is 0 Å². The predicted octanol–water partition coefficient (Wildman–Crippen LogP) is 1.49. The van der Waals surface area contributed by atoms with E-state index >= 15 is 0 Å². The van der Waals surface area contributed by atoms with Crippen LogP contribution < -0.4 is 0 Å². The monoisotopic (exact) mass is 486 g/mol. The van der Waals surface area contributed by atoms with Crippen LogP contribution >= 0.6 is 0 Å². The van der Waals surface area contributed by atoms with Crippen molar-refractivity contribution in [2.45, 2.75) is 115 Å². The summed E-state index contributed by atoms with van der Waals surface area (Å²) in [5, 5.41) is 61.9. The van der Waals surface area contributed by atoms with Gasteiger partial charge in [0.15, 0.2) is 6.29 Å². The zero-order valence-corrected chi connectivity index (χ0v) is 21.2. The highest BCUT2D eigenvalue weighted by Crippen LogP contribution is 2.63. The third kappa shape index (κ3) is 5.25. The highest BCUT2D eigenvalue weighted by molar-refractivity contribution is 5.09. The molecule has 11 atom stereocenters. The number of fused-ring (bicyclic) bond motifs is 1. The van der Waals surface area contributed by atoms with Crippen LogP contribution in [0.15, 0.2) is 12.7 Å². The van der Waals surface area contributed by atoms with Crippen LogP contribution in [0.5, 0.6) is 0 Å². The zero-order valence-electron chi connectivity index (χ0n) is 21.2. The first-order chi connectivity index (χ1) is 15.7. The molecule has 0 aromatic heterocycles. The SMILES string of the molecule is C=C[C@](C)(O)CC[C@@H]1[C@@]2(C)CCC[C@@](C)(CO[C@@H]3O[C@H](CO)[C@@H](O)[C@H](O)[C@H]3O)[C@@H]2CC[C@@]1(C)O. The summed E-state index contributed by atoms with van der Waals surface area (Å²) in [7, 11) is 0. The molecule has 0 aromatic rings. The Hall–Kier alpha value is -0.580. The summed E-state index contributed by atoms with van der Waals surface area (Å²) < 4.78 is 11.6. The number of aliphatic hydroxyl groups is 6. The van der Waals surface area contributed by atoms with Crippen molar-refractivity contribution in [1.29, 1.82) is 0 Å². The van der Waals surface area contributed by atoms with Crippen LogP contribution in [-0.4, -0.2) is 85.8 Å². The highest BCUT2D eigenvalue weighted by atomic mass is 16.7. The highest BCUT2D eigenvalue weighted by Gasteiger charge is 2.59. The Kier molecular flexibility index (Phi) is 8.28. The molecule has 0 radical (unpaired) electrons. The molecule has 2 aliphatic carbocycles. The summed E-state index contributed by atoms with van der Waals surface area (Å²) in [5.74, 6) is 0.245. The second kappa shape index (κ2) is 10.1. The van der Waals surface area contributed by atoms with Crippen molar-refractivity contribution >= 4 is 0 Å². The van der Waals surface area contributed by atoms with E-state index in [1.54, 1.807) is 13.0 Å². The number of ether oxygens (including phenoxy) is 2. The molecule has 3 rings (SSSR count). The molecular weight excluding hydrogens is 440 g/mol. The zero-order chi connectivity index (χ0) is 25.5. The molecule has 2 saturated carbocycles. The van der Waals surface area contributed by atoms with Gasteiger partial charge in [0.05, 0.1) is 24.4 Å². The Balaban J connectivity index is 1.78. The topological polar surface area (TPSA) is 140 Å². The molecule has 198 valence electrons. The van der Waals surface area contributed by atoms with Gasteiger partial charge in [-0.25, -0.2) is 0 Å². The molecular formula is C26H46O8. The van der Waals surface area contributed by atoms with E-state index in [4.69, 9.17) is 9.47 Å². The Morgan fingerprint density at radius 3 is 2.38 bits per heavy atom. The molecule has 34 heavy (non-hydrogen) atoms. The van der Waals surface area contributed by atoms with Crippen LogP contribution in [0.25, 0.3) is 0 Å². The van der Waals surface area contributed by atoms with Gasteiger partial charge in [0, 0.05) is 0 Å². The Morgan fingerprint density at radius 1 is 1.09 bits per heavy atom. The largest absolute Gasteiger partial charge is 0.394 e. The lowest BCUT2D eigenvalue weighted by molar-refractivity contribution is -0.310. The van der Waals surface area contributed by atoms with E-state index < -0.39 is 48.5 Å². The predicted molar refractivity (Wildman–Crippen MR) is 127 cm³/mol. The first-order valence-corrected chi connectivity index (χ1v) is 12.7. The van der Waals surface area contributed by atoms with Crippen LogP contribution in [-0.2, 0) is 9.47 Å². The molecule has 6 N–H and O–H groups in total. The minimum absolute atomic E-state index is 0.00272. The van der Waals surface area contributed by atoms with Gasteiger partial charge in [0.25, 0.3) is 0 Å². The number of hydrogen-bond acceptors (Lipinski definition) is 8. The third-order valence-corrected chi connectivity index (χ3v) is 9.39. The molecule has 0 spiro atoms. The normalized spacial score (nSPS) is 49.2. The quantitative estimate of drug-likeness (QED) is 0.284. The van der Waals surface area contributed by atoms with Gasteiger partial charge in [-0.15, -0.1) is 6.58 Å². The van der Waals surface area contributed by atoms with Crippen LogP contribution in [0.1, 0.15) is 72.6 Å². The van der Waals surface area contributed by atoms with E-state index in [1.807, 2.05) is 6.92 Å². The fourth-order valence-electron chi connectivity index (χ4n) is 7.26. The lowest BCUT2D eigenvalue weighted by Crippen LogP contribution is -2.61. The van der Waals surface area contributed by atoms with Gasteiger partial charge in [0.2, 0.25) is 0 Å². The lowest BCUT2D eigenvalue weighted by atomic mass is 9.44. The molecule has 3 aliphatic rings. The summed E-state index contributed by atoms with van der Waals surface area (Å²) in [4.78, 5) is 0. The number of rotatable bonds is 8. The van der Waals surface area contributed by atoms with E-state index in [1.165, 1.54) is 0 Å². The average Bonchev–Trinajstić information content (AvgIpc) is 2.76. The van der Waals surface area contributed by atoms with Crippen LogP contribution in [0.4, 0.5) is 0 Å². The first kappa shape index (κ1) is 28.0. The maximum Gasteiger partial charge on any atom is 0.186 e. The van der Waals surface area contributed by atoms with Crippen molar-refractivity contribution in [3.63, 3.8) is 0 Å². The fraction of sp³-hybridized carbons (Fsp3) is 0.923. The summed E-state index contributed by atoms with van der Waals surface area (Å²) in [6, 6.07) is 0. The van der Waals surface area contributed by atoms with Crippen LogP contribution in [0, 0.1) is 22.7 Å². The second-order valence-electron chi connectivity index (χ2n) is 12.1. The molecule has 0 aromatic carbocycles. The Morgan fingerprint density at radius 2 is 1.76 bits per heavy atom. The Labute approximate surface area is 203 Å². The van der Waals surface area contributed by atoms with Gasteiger partial charge in [-0.05, 0) is 75.0 Å². The van der Waals surface area contributed by atoms with Gasteiger partial charge in [0.1, 0.15) is 24.4 Å². The smallest absolute Gasteiger partial charge is 0.186 e.